The van der Waals surface area contributed by atoms with Crippen LogP contribution >= 0.6 is 0 Å². The molecule has 0 aromatic heterocycles. The van der Waals surface area contributed by atoms with Crippen LogP contribution in [0.15, 0.2) is 42.5 Å². The van der Waals surface area contributed by atoms with Crippen LogP contribution in [0.5, 0.6) is 17.2 Å². The topological polar surface area (TPSA) is 47.9 Å². The maximum Gasteiger partial charge on any atom is 0.123 e. The van der Waals surface area contributed by atoms with Gasteiger partial charge in [0.25, 0.3) is 0 Å². The highest BCUT2D eigenvalue weighted by Crippen LogP contribution is 2.57. The third-order valence-electron chi connectivity index (χ3n) is 6.20. The van der Waals surface area contributed by atoms with Crippen LogP contribution < -0.4 is 9.47 Å². The second-order valence-electron chi connectivity index (χ2n) is 7.34. The highest BCUT2D eigenvalue weighted by atomic mass is 16.5. The Morgan fingerprint density at radius 2 is 1.56 bits per heavy atom. The molecule has 1 saturated heterocycles. The van der Waals surface area contributed by atoms with E-state index in [0.717, 1.165) is 48.3 Å². The summed E-state index contributed by atoms with van der Waals surface area (Å²) in [5.41, 5.74) is 4.78. The molecule has 3 aromatic rings. The zero-order chi connectivity index (χ0) is 18.6. The molecule has 4 heteroatoms. The lowest BCUT2D eigenvalue weighted by Gasteiger charge is -2.36. The molecular formula is C23H22O4. The van der Waals surface area contributed by atoms with Gasteiger partial charge in [-0.3, -0.25) is 0 Å². The third-order valence-corrected chi connectivity index (χ3v) is 6.20. The predicted octanol–water partition coefficient (Wildman–Crippen LogP) is 4.64. The largest absolute Gasteiger partial charge is 0.507 e. The van der Waals surface area contributed by atoms with Crippen LogP contribution in [0.3, 0.4) is 0 Å². The number of ether oxygens (including phenoxy) is 3. The van der Waals surface area contributed by atoms with E-state index in [1.165, 1.54) is 22.3 Å². The molecular weight excluding hydrogens is 340 g/mol. The summed E-state index contributed by atoms with van der Waals surface area (Å²) in [6, 6.07) is 14.2. The van der Waals surface area contributed by atoms with E-state index in [4.69, 9.17) is 14.2 Å². The molecule has 0 atom stereocenters. The highest BCUT2D eigenvalue weighted by Gasteiger charge is 2.45. The number of rotatable bonds is 2. The Balaban J connectivity index is 1.87. The normalized spacial score (nSPS) is 17.0. The average Bonchev–Trinajstić information content (AvgIpc) is 2.97. The molecule has 1 heterocycles. The van der Waals surface area contributed by atoms with Crippen LogP contribution in [-0.4, -0.2) is 32.5 Å². The van der Waals surface area contributed by atoms with Gasteiger partial charge in [-0.15, -0.1) is 0 Å². The fourth-order valence-electron chi connectivity index (χ4n) is 4.85. The fourth-order valence-corrected chi connectivity index (χ4v) is 4.85. The SMILES string of the molecule is COc1ccc2c(c1)C1(CCOCC1)c1cc(O)c3cc(OC)ccc3c1-2. The predicted molar refractivity (Wildman–Crippen MR) is 105 cm³/mol. The van der Waals surface area contributed by atoms with E-state index in [0.29, 0.717) is 5.75 Å². The van der Waals surface area contributed by atoms with Crippen molar-refractivity contribution in [2.45, 2.75) is 18.3 Å². The molecule has 0 amide bonds. The number of phenols is 1. The summed E-state index contributed by atoms with van der Waals surface area (Å²) >= 11 is 0. The summed E-state index contributed by atoms with van der Waals surface area (Å²) < 4.78 is 16.6. The van der Waals surface area contributed by atoms with Gasteiger partial charge in [0.05, 0.1) is 14.2 Å². The van der Waals surface area contributed by atoms with E-state index in [1.54, 1.807) is 14.2 Å². The van der Waals surface area contributed by atoms with Crippen molar-refractivity contribution in [1.29, 1.82) is 0 Å². The standard InChI is InChI=1S/C23H22O4/c1-25-14-3-5-16-18(11-14)21(24)13-20-22(16)17-6-4-15(26-2)12-19(17)23(20)7-9-27-10-8-23/h3-6,11-13,24H,7-10H2,1-2H3. The fraction of sp³-hybridized carbons (Fsp3) is 0.304. The van der Waals surface area contributed by atoms with Gasteiger partial charge in [-0.05, 0) is 76.9 Å². The van der Waals surface area contributed by atoms with E-state index >= 15 is 0 Å². The van der Waals surface area contributed by atoms with Crippen LogP contribution in [0.2, 0.25) is 0 Å². The molecule has 4 nitrogen and oxygen atoms in total. The van der Waals surface area contributed by atoms with Crippen LogP contribution in [0, 0.1) is 0 Å². The van der Waals surface area contributed by atoms with Gasteiger partial charge in [0.1, 0.15) is 17.2 Å². The maximum absolute atomic E-state index is 10.8. The first-order chi connectivity index (χ1) is 13.2. The maximum atomic E-state index is 10.8. The Hall–Kier alpha value is -2.72. The second kappa shape index (κ2) is 5.89. The minimum atomic E-state index is -0.136. The van der Waals surface area contributed by atoms with Gasteiger partial charge in [-0.2, -0.15) is 0 Å². The number of phenolic OH excluding ortho intramolecular Hbond substituents is 1. The van der Waals surface area contributed by atoms with Gasteiger partial charge in [0.15, 0.2) is 0 Å². The quantitative estimate of drug-likeness (QED) is 0.721. The van der Waals surface area contributed by atoms with Crippen molar-refractivity contribution >= 4 is 10.8 Å². The minimum absolute atomic E-state index is 0.136. The first-order valence-electron chi connectivity index (χ1n) is 9.29. The minimum Gasteiger partial charge on any atom is -0.507 e. The molecule has 0 radical (unpaired) electrons. The van der Waals surface area contributed by atoms with Gasteiger partial charge in [0, 0.05) is 24.0 Å². The summed E-state index contributed by atoms with van der Waals surface area (Å²) in [5.74, 6) is 1.90. The highest BCUT2D eigenvalue weighted by molar-refractivity contribution is 6.05. The van der Waals surface area contributed by atoms with E-state index < -0.39 is 0 Å². The van der Waals surface area contributed by atoms with Gasteiger partial charge < -0.3 is 19.3 Å². The number of fused-ring (bicyclic) bond motifs is 7. The van der Waals surface area contributed by atoms with E-state index in [9.17, 15) is 5.11 Å². The molecule has 0 saturated carbocycles. The zero-order valence-corrected chi connectivity index (χ0v) is 15.5. The molecule has 1 aliphatic carbocycles. The van der Waals surface area contributed by atoms with Crippen LogP contribution in [0.25, 0.3) is 21.9 Å². The van der Waals surface area contributed by atoms with Gasteiger partial charge in [-0.25, -0.2) is 0 Å². The molecule has 5 rings (SSSR count). The molecule has 1 spiro atoms. The summed E-state index contributed by atoms with van der Waals surface area (Å²) in [6.45, 7) is 1.44. The molecule has 0 bridgehead atoms. The van der Waals surface area contributed by atoms with Gasteiger partial charge >= 0.3 is 0 Å². The Morgan fingerprint density at radius 3 is 2.30 bits per heavy atom. The number of methoxy groups -OCH3 is 2. The van der Waals surface area contributed by atoms with Crippen LogP contribution in [0.4, 0.5) is 0 Å². The Labute approximate surface area is 158 Å². The summed E-state index contributed by atoms with van der Waals surface area (Å²) in [6.07, 6.45) is 1.81. The van der Waals surface area contributed by atoms with Crippen LogP contribution in [0.1, 0.15) is 24.0 Å². The molecule has 1 aliphatic heterocycles. The first-order valence-corrected chi connectivity index (χ1v) is 9.29. The number of aromatic hydroxyl groups is 1. The summed E-state index contributed by atoms with van der Waals surface area (Å²) in [5, 5.41) is 12.7. The van der Waals surface area contributed by atoms with Crippen molar-refractivity contribution in [3.63, 3.8) is 0 Å². The number of hydrogen-bond acceptors (Lipinski definition) is 4. The second-order valence-corrected chi connectivity index (χ2v) is 7.34. The molecule has 1 fully saturated rings. The number of benzene rings is 3. The van der Waals surface area contributed by atoms with Crippen LogP contribution in [-0.2, 0) is 10.2 Å². The molecule has 27 heavy (non-hydrogen) atoms. The smallest absolute Gasteiger partial charge is 0.123 e. The molecule has 1 N–H and O–H groups in total. The Morgan fingerprint density at radius 1 is 0.852 bits per heavy atom. The molecule has 0 unspecified atom stereocenters. The third kappa shape index (κ3) is 2.20. The summed E-state index contributed by atoms with van der Waals surface area (Å²) in [4.78, 5) is 0. The number of hydrogen-bond donors (Lipinski definition) is 1. The van der Waals surface area contributed by atoms with Crippen molar-refractivity contribution in [3.8, 4) is 28.4 Å². The Bertz CT molecular complexity index is 1050. The first kappa shape index (κ1) is 16.5. The average molecular weight is 362 g/mol. The van der Waals surface area contributed by atoms with Crippen molar-refractivity contribution in [1.82, 2.24) is 0 Å². The zero-order valence-electron chi connectivity index (χ0n) is 15.5. The van der Waals surface area contributed by atoms with Crippen molar-refractivity contribution in [2.24, 2.45) is 0 Å². The van der Waals surface area contributed by atoms with Crippen molar-refractivity contribution in [3.05, 3.63) is 53.6 Å². The van der Waals surface area contributed by atoms with Crippen molar-refractivity contribution < 1.29 is 19.3 Å². The molecule has 3 aromatic carbocycles. The van der Waals surface area contributed by atoms with E-state index in [1.807, 2.05) is 24.3 Å². The summed E-state index contributed by atoms with van der Waals surface area (Å²) in [7, 11) is 3.35. The van der Waals surface area contributed by atoms with E-state index in [-0.39, 0.29) is 5.41 Å². The lowest BCUT2D eigenvalue weighted by atomic mass is 9.72. The Kier molecular flexibility index (Phi) is 3.59. The van der Waals surface area contributed by atoms with Crippen molar-refractivity contribution in [2.75, 3.05) is 27.4 Å². The molecule has 2 aliphatic rings. The van der Waals surface area contributed by atoms with Gasteiger partial charge in [-0.1, -0.05) is 6.07 Å². The molecule has 138 valence electrons. The lowest BCUT2D eigenvalue weighted by Crippen LogP contribution is -2.33. The monoisotopic (exact) mass is 362 g/mol. The van der Waals surface area contributed by atoms with Gasteiger partial charge in [0.2, 0.25) is 0 Å². The lowest BCUT2D eigenvalue weighted by molar-refractivity contribution is 0.0643. The van der Waals surface area contributed by atoms with E-state index in [2.05, 4.69) is 18.2 Å².